The summed E-state index contributed by atoms with van der Waals surface area (Å²) in [5.74, 6) is 2.43. The fourth-order valence-electron chi connectivity index (χ4n) is 4.13. The van der Waals surface area contributed by atoms with E-state index in [9.17, 15) is 10.1 Å². The van der Waals surface area contributed by atoms with Crippen LogP contribution in [0.2, 0.25) is 0 Å². The van der Waals surface area contributed by atoms with Gasteiger partial charge in [-0.15, -0.1) is 11.3 Å². The Kier molecular flexibility index (Phi) is 4.89. The van der Waals surface area contributed by atoms with Gasteiger partial charge in [0, 0.05) is 49.6 Å². The van der Waals surface area contributed by atoms with Crippen molar-refractivity contribution in [3.63, 3.8) is 0 Å². The van der Waals surface area contributed by atoms with Crippen LogP contribution < -0.4 is 4.90 Å². The van der Waals surface area contributed by atoms with Gasteiger partial charge in [-0.2, -0.15) is 5.26 Å². The van der Waals surface area contributed by atoms with E-state index in [-0.39, 0.29) is 5.91 Å². The first-order valence-electron chi connectivity index (χ1n) is 10.7. The summed E-state index contributed by atoms with van der Waals surface area (Å²) in [6.45, 7) is 8.37. The summed E-state index contributed by atoms with van der Waals surface area (Å²) in [6, 6.07) is 2.15. The molecule has 31 heavy (non-hydrogen) atoms. The summed E-state index contributed by atoms with van der Waals surface area (Å²) in [4.78, 5) is 32.4. The number of piperazine rings is 1. The Labute approximate surface area is 184 Å². The van der Waals surface area contributed by atoms with Crippen LogP contribution in [0.15, 0.2) is 4.42 Å². The normalized spacial score (nSPS) is 16.7. The lowest BCUT2D eigenvalue weighted by Crippen LogP contribution is -2.48. The largest absolute Gasteiger partial charge is 0.423 e. The lowest BCUT2D eigenvalue weighted by atomic mass is 10.1. The average molecular weight is 437 g/mol. The molecular weight excluding hydrogens is 412 g/mol. The highest BCUT2D eigenvalue weighted by molar-refractivity contribution is 7.20. The highest BCUT2D eigenvalue weighted by Gasteiger charge is 2.33. The number of rotatable bonds is 4. The topological polar surface area (TPSA) is 99.2 Å². The van der Waals surface area contributed by atoms with Crippen molar-refractivity contribution >= 4 is 33.3 Å². The van der Waals surface area contributed by atoms with E-state index in [0.717, 1.165) is 51.4 Å². The van der Waals surface area contributed by atoms with Crippen molar-refractivity contribution in [2.24, 2.45) is 0 Å². The van der Waals surface area contributed by atoms with Crippen LogP contribution in [-0.4, -0.2) is 51.9 Å². The van der Waals surface area contributed by atoms with Crippen LogP contribution in [0.25, 0.3) is 10.2 Å². The van der Waals surface area contributed by atoms with Gasteiger partial charge in [0.1, 0.15) is 16.7 Å². The van der Waals surface area contributed by atoms with Gasteiger partial charge in [0.2, 0.25) is 17.5 Å². The first-order chi connectivity index (χ1) is 15.0. The molecule has 1 amide bonds. The molecule has 1 saturated heterocycles. The van der Waals surface area contributed by atoms with Gasteiger partial charge < -0.3 is 14.2 Å². The molecule has 3 aromatic rings. The molecule has 0 radical (unpaired) electrons. The third-order valence-corrected chi connectivity index (χ3v) is 7.21. The van der Waals surface area contributed by atoms with Crippen LogP contribution in [0.3, 0.4) is 0 Å². The zero-order chi connectivity index (χ0) is 21.7. The monoisotopic (exact) mass is 436 g/mol. The molecule has 0 N–H and O–H groups in total. The molecule has 5 rings (SSSR count). The molecule has 2 aliphatic rings. The minimum Gasteiger partial charge on any atom is -0.423 e. The molecular formula is C22H24N6O2S. The van der Waals surface area contributed by atoms with Gasteiger partial charge in [-0.3, -0.25) is 4.79 Å². The number of anilines is 1. The maximum absolute atomic E-state index is 13.3. The van der Waals surface area contributed by atoms with E-state index in [1.54, 1.807) is 0 Å². The molecule has 160 valence electrons. The molecule has 3 aromatic heterocycles. The number of hydrogen-bond donors (Lipinski definition) is 0. The van der Waals surface area contributed by atoms with Gasteiger partial charge in [0.05, 0.1) is 4.88 Å². The fourth-order valence-corrected chi connectivity index (χ4v) is 5.35. The Morgan fingerprint density at radius 3 is 2.58 bits per heavy atom. The SMILES string of the molecule is CCc1nc(C)c2c(C)c(C(=O)N3CCN(c4oc(C5CC5)nc4C#N)CC3)sc2n1. The van der Waals surface area contributed by atoms with Crippen LogP contribution in [0.1, 0.15) is 64.0 Å². The number of carbonyl (C=O) groups excluding carboxylic acids is 1. The molecule has 0 atom stereocenters. The van der Waals surface area contributed by atoms with Gasteiger partial charge in [-0.25, -0.2) is 15.0 Å². The number of amides is 1. The molecule has 1 saturated carbocycles. The maximum atomic E-state index is 13.3. The zero-order valence-electron chi connectivity index (χ0n) is 17.9. The van der Waals surface area contributed by atoms with Crippen LogP contribution in [-0.2, 0) is 6.42 Å². The van der Waals surface area contributed by atoms with Crippen LogP contribution in [0.5, 0.6) is 0 Å². The molecule has 4 heterocycles. The lowest BCUT2D eigenvalue weighted by Gasteiger charge is -2.34. The average Bonchev–Trinajstić information content (AvgIpc) is 3.45. The molecule has 0 spiro atoms. The predicted molar refractivity (Wildman–Crippen MR) is 118 cm³/mol. The maximum Gasteiger partial charge on any atom is 0.264 e. The van der Waals surface area contributed by atoms with Gasteiger partial charge >= 0.3 is 0 Å². The standard InChI is InChI=1S/C22H24N6O2S/c1-4-16-24-13(3)17-12(2)18(31-20(17)26-16)21(29)27-7-9-28(10-8-27)22-15(11-23)25-19(30-22)14-5-6-14/h14H,4-10H2,1-3H3. The van der Waals surface area contributed by atoms with E-state index >= 15 is 0 Å². The number of carbonyl (C=O) groups is 1. The zero-order valence-corrected chi connectivity index (χ0v) is 18.8. The molecule has 1 aliphatic heterocycles. The Hall–Kier alpha value is -2.99. The number of nitrogens with zero attached hydrogens (tertiary/aromatic N) is 6. The van der Waals surface area contributed by atoms with Gasteiger partial charge in [0.15, 0.2) is 0 Å². The van der Waals surface area contributed by atoms with Crippen molar-refractivity contribution in [2.75, 3.05) is 31.1 Å². The lowest BCUT2D eigenvalue weighted by molar-refractivity contribution is 0.0749. The number of thiophene rings is 1. The molecule has 9 heteroatoms. The van der Waals surface area contributed by atoms with E-state index in [1.807, 2.05) is 30.6 Å². The summed E-state index contributed by atoms with van der Waals surface area (Å²) >= 11 is 1.46. The fraction of sp³-hybridized carbons (Fsp3) is 0.500. The van der Waals surface area contributed by atoms with Crippen molar-refractivity contribution in [1.82, 2.24) is 19.9 Å². The number of hydrogen-bond acceptors (Lipinski definition) is 8. The van der Waals surface area contributed by atoms with Gasteiger partial charge in [-0.1, -0.05) is 6.92 Å². The Balaban J connectivity index is 1.34. The number of nitriles is 1. The quantitative estimate of drug-likeness (QED) is 0.616. The number of aromatic nitrogens is 3. The summed E-state index contributed by atoms with van der Waals surface area (Å²) < 4.78 is 5.92. The minimum absolute atomic E-state index is 0.0364. The Morgan fingerprint density at radius 1 is 1.19 bits per heavy atom. The van der Waals surface area contributed by atoms with E-state index in [4.69, 9.17) is 4.42 Å². The second kappa shape index (κ2) is 7.61. The van der Waals surface area contributed by atoms with Crippen molar-refractivity contribution in [3.8, 4) is 6.07 Å². The van der Waals surface area contributed by atoms with Crippen molar-refractivity contribution in [3.05, 3.63) is 33.5 Å². The first kappa shape index (κ1) is 19.9. The molecule has 8 nitrogen and oxygen atoms in total. The van der Waals surface area contributed by atoms with Gasteiger partial charge in [0.25, 0.3) is 5.91 Å². The van der Waals surface area contributed by atoms with E-state index < -0.39 is 0 Å². The predicted octanol–water partition coefficient (Wildman–Crippen LogP) is 3.57. The number of aryl methyl sites for hydroxylation is 3. The van der Waals surface area contributed by atoms with Gasteiger partial charge in [-0.05, 0) is 32.3 Å². The summed E-state index contributed by atoms with van der Waals surface area (Å²) in [7, 11) is 0. The van der Waals surface area contributed by atoms with Crippen molar-refractivity contribution in [1.29, 1.82) is 5.26 Å². The third-order valence-electron chi connectivity index (χ3n) is 6.04. The second-order valence-electron chi connectivity index (χ2n) is 8.19. The van der Waals surface area contributed by atoms with Crippen molar-refractivity contribution in [2.45, 2.75) is 46.0 Å². The Bertz CT molecular complexity index is 1210. The molecule has 2 fully saturated rings. The summed E-state index contributed by atoms with van der Waals surface area (Å²) in [5, 5.41) is 10.4. The smallest absolute Gasteiger partial charge is 0.264 e. The highest BCUT2D eigenvalue weighted by atomic mass is 32.1. The highest BCUT2D eigenvalue weighted by Crippen LogP contribution is 2.41. The molecule has 0 unspecified atom stereocenters. The summed E-state index contributed by atoms with van der Waals surface area (Å²) in [5.41, 5.74) is 2.24. The van der Waals surface area contributed by atoms with Crippen LogP contribution >= 0.6 is 11.3 Å². The molecule has 0 bridgehead atoms. The number of fused-ring (bicyclic) bond motifs is 1. The second-order valence-corrected chi connectivity index (χ2v) is 9.19. The van der Waals surface area contributed by atoms with Crippen LogP contribution in [0, 0.1) is 25.2 Å². The van der Waals surface area contributed by atoms with Crippen LogP contribution in [0.4, 0.5) is 5.88 Å². The number of oxazole rings is 1. The van der Waals surface area contributed by atoms with E-state index in [2.05, 4.69) is 21.0 Å². The van der Waals surface area contributed by atoms with Crippen molar-refractivity contribution < 1.29 is 9.21 Å². The van der Waals surface area contributed by atoms with E-state index in [1.165, 1.54) is 11.3 Å². The Morgan fingerprint density at radius 2 is 1.94 bits per heavy atom. The minimum atomic E-state index is 0.0364. The summed E-state index contributed by atoms with van der Waals surface area (Å²) in [6.07, 6.45) is 2.92. The van der Waals surface area contributed by atoms with E-state index in [0.29, 0.717) is 49.6 Å². The molecule has 1 aliphatic carbocycles. The first-order valence-corrected chi connectivity index (χ1v) is 11.5. The molecule has 0 aromatic carbocycles. The third kappa shape index (κ3) is 3.45.